The highest BCUT2D eigenvalue weighted by atomic mass is 32.2. The maximum absolute atomic E-state index is 12.6. The number of rotatable bonds is 2. The fraction of sp³-hybridized carbons (Fsp3) is 0.263. The third kappa shape index (κ3) is 2.99. The van der Waals surface area contributed by atoms with E-state index in [1.54, 1.807) is 6.20 Å². The smallest absolute Gasteiger partial charge is 0.285 e. The van der Waals surface area contributed by atoms with Crippen LogP contribution in [0.2, 0.25) is 0 Å². The summed E-state index contributed by atoms with van der Waals surface area (Å²) >= 11 is 0. The largest absolute Gasteiger partial charge is 0.353 e. The monoisotopic (exact) mass is 368 g/mol. The fourth-order valence-electron chi connectivity index (χ4n) is 3.46. The Bertz CT molecular complexity index is 961. The van der Waals surface area contributed by atoms with Gasteiger partial charge in [-0.15, -0.1) is 4.40 Å². The van der Waals surface area contributed by atoms with E-state index in [0.717, 1.165) is 24.5 Å². The Morgan fingerprint density at radius 3 is 2.19 bits per heavy atom. The highest BCUT2D eigenvalue weighted by molar-refractivity contribution is 8.00. The Hall–Kier alpha value is -2.67. The molecule has 3 heterocycles. The number of piperazine rings is 1. The van der Waals surface area contributed by atoms with Crippen molar-refractivity contribution in [1.82, 2.24) is 9.88 Å². The summed E-state index contributed by atoms with van der Waals surface area (Å²) in [5.41, 5.74) is 1.42. The fourth-order valence-corrected chi connectivity index (χ4v) is 4.94. The Balaban J connectivity index is 1.57. The van der Waals surface area contributed by atoms with E-state index in [-0.39, 0.29) is 0 Å². The minimum Gasteiger partial charge on any atom is -0.353 e. The SMILES string of the molecule is CC1=C(c2ccccc2)S(=O)(=O)N=C1N1CCN(c2ccccn2)CC1. The molecule has 0 unspecified atom stereocenters. The van der Waals surface area contributed by atoms with E-state index in [0.29, 0.717) is 29.4 Å². The first-order chi connectivity index (χ1) is 12.6. The van der Waals surface area contributed by atoms with Crippen molar-refractivity contribution in [2.75, 3.05) is 31.1 Å². The zero-order valence-corrected chi connectivity index (χ0v) is 15.4. The van der Waals surface area contributed by atoms with Crippen LogP contribution in [-0.4, -0.2) is 50.3 Å². The molecule has 1 saturated heterocycles. The van der Waals surface area contributed by atoms with Crippen molar-refractivity contribution >= 4 is 26.6 Å². The van der Waals surface area contributed by atoms with Gasteiger partial charge in [0.2, 0.25) is 0 Å². The molecule has 1 fully saturated rings. The maximum Gasteiger partial charge on any atom is 0.285 e. The third-order valence-corrected chi connectivity index (χ3v) is 6.20. The third-order valence-electron chi connectivity index (χ3n) is 4.73. The molecule has 0 amide bonds. The molecule has 0 spiro atoms. The van der Waals surface area contributed by atoms with Crippen molar-refractivity contribution in [3.63, 3.8) is 0 Å². The predicted octanol–water partition coefficient (Wildman–Crippen LogP) is 2.38. The van der Waals surface area contributed by atoms with Crippen LogP contribution in [0.15, 0.2) is 64.7 Å². The normalized spacial score (nSPS) is 19.7. The number of anilines is 1. The van der Waals surface area contributed by atoms with Gasteiger partial charge in [0, 0.05) is 37.9 Å². The van der Waals surface area contributed by atoms with Gasteiger partial charge in [0.25, 0.3) is 10.0 Å². The summed E-state index contributed by atoms with van der Waals surface area (Å²) < 4.78 is 29.3. The van der Waals surface area contributed by atoms with Gasteiger partial charge in [-0.2, -0.15) is 8.42 Å². The van der Waals surface area contributed by atoms with Crippen LogP contribution in [0.1, 0.15) is 12.5 Å². The second-order valence-corrected chi connectivity index (χ2v) is 7.91. The second kappa shape index (κ2) is 6.57. The van der Waals surface area contributed by atoms with Crippen molar-refractivity contribution < 1.29 is 8.42 Å². The number of hydrogen-bond donors (Lipinski definition) is 0. The summed E-state index contributed by atoms with van der Waals surface area (Å²) in [5.74, 6) is 1.52. The first kappa shape index (κ1) is 16.8. The van der Waals surface area contributed by atoms with Crippen LogP contribution in [0, 0.1) is 0 Å². The van der Waals surface area contributed by atoms with Crippen molar-refractivity contribution in [3.8, 4) is 0 Å². The molecule has 2 aromatic rings. The van der Waals surface area contributed by atoms with Crippen molar-refractivity contribution in [2.24, 2.45) is 4.40 Å². The Morgan fingerprint density at radius 2 is 1.54 bits per heavy atom. The standard InChI is InChI=1S/C19H20N4O2S/c1-15-18(16-7-3-2-4-8-16)26(24,25)21-19(15)23-13-11-22(12-14-23)17-9-5-6-10-20-17/h2-10H,11-14H2,1H3. The van der Waals surface area contributed by atoms with Gasteiger partial charge in [-0.1, -0.05) is 36.4 Å². The molecule has 2 aliphatic rings. The van der Waals surface area contributed by atoms with Gasteiger partial charge in [0.05, 0.1) is 0 Å². The minimum absolute atomic E-state index is 0.320. The van der Waals surface area contributed by atoms with Gasteiger partial charge < -0.3 is 9.80 Å². The lowest BCUT2D eigenvalue weighted by molar-refractivity contribution is 0.385. The molecule has 0 saturated carbocycles. The molecular formula is C19H20N4O2S. The molecule has 2 aliphatic heterocycles. The summed E-state index contributed by atoms with van der Waals surface area (Å²) in [7, 11) is -3.65. The molecule has 0 atom stereocenters. The van der Waals surface area contributed by atoms with Crippen LogP contribution < -0.4 is 4.90 Å². The van der Waals surface area contributed by atoms with Crippen LogP contribution in [0.3, 0.4) is 0 Å². The van der Waals surface area contributed by atoms with Gasteiger partial charge in [-0.05, 0) is 24.6 Å². The summed E-state index contributed by atoms with van der Waals surface area (Å²) in [6.07, 6.45) is 1.79. The number of aromatic nitrogens is 1. The van der Waals surface area contributed by atoms with Crippen LogP contribution in [0.5, 0.6) is 0 Å². The van der Waals surface area contributed by atoms with Crippen LogP contribution in [0.4, 0.5) is 5.82 Å². The lowest BCUT2D eigenvalue weighted by Crippen LogP contribution is -2.49. The Morgan fingerprint density at radius 1 is 0.885 bits per heavy atom. The van der Waals surface area contributed by atoms with E-state index < -0.39 is 10.0 Å². The molecule has 0 N–H and O–H groups in total. The number of nitrogens with zero attached hydrogens (tertiary/aromatic N) is 4. The Labute approximate surface area is 153 Å². The second-order valence-electron chi connectivity index (χ2n) is 6.37. The van der Waals surface area contributed by atoms with Gasteiger partial charge >= 0.3 is 0 Å². The van der Waals surface area contributed by atoms with Gasteiger partial charge in [-0.25, -0.2) is 4.98 Å². The van der Waals surface area contributed by atoms with E-state index in [9.17, 15) is 8.42 Å². The van der Waals surface area contributed by atoms with Crippen molar-refractivity contribution in [3.05, 3.63) is 65.9 Å². The van der Waals surface area contributed by atoms with Gasteiger partial charge in [-0.3, -0.25) is 0 Å². The molecule has 26 heavy (non-hydrogen) atoms. The maximum atomic E-state index is 12.6. The van der Waals surface area contributed by atoms with Crippen LogP contribution in [-0.2, 0) is 10.0 Å². The first-order valence-corrected chi connectivity index (χ1v) is 10.0. The molecule has 4 rings (SSSR count). The molecule has 1 aromatic heterocycles. The predicted molar refractivity (Wildman–Crippen MR) is 103 cm³/mol. The average Bonchev–Trinajstić information content (AvgIpc) is 2.92. The number of hydrogen-bond acceptors (Lipinski definition) is 5. The molecule has 134 valence electrons. The summed E-state index contributed by atoms with van der Waals surface area (Å²) in [6, 6.07) is 15.1. The van der Waals surface area contributed by atoms with E-state index in [1.165, 1.54) is 0 Å². The summed E-state index contributed by atoms with van der Waals surface area (Å²) in [6.45, 7) is 4.83. The van der Waals surface area contributed by atoms with E-state index >= 15 is 0 Å². The average molecular weight is 368 g/mol. The highest BCUT2D eigenvalue weighted by Crippen LogP contribution is 2.33. The molecule has 0 radical (unpaired) electrons. The minimum atomic E-state index is -3.65. The summed E-state index contributed by atoms with van der Waals surface area (Å²) in [4.78, 5) is 8.97. The van der Waals surface area contributed by atoms with E-state index in [2.05, 4.69) is 19.2 Å². The lowest BCUT2D eigenvalue weighted by atomic mass is 10.1. The van der Waals surface area contributed by atoms with E-state index in [1.807, 2.05) is 55.5 Å². The zero-order chi connectivity index (χ0) is 18.1. The lowest BCUT2D eigenvalue weighted by Gasteiger charge is -2.36. The summed E-state index contributed by atoms with van der Waals surface area (Å²) in [5, 5.41) is 0. The number of pyridine rings is 1. The first-order valence-electron chi connectivity index (χ1n) is 8.59. The number of sulfonamides is 1. The molecule has 6 nitrogen and oxygen atoms in total. The number of benzene rings is 1. The van der Waals surface area contributed by atoms with Crippen LogP contribution >= 0.6 is 0 Å². The van der Waals surface area contributed by atoms with Crippen molar-refractivity contribution in [1.29, 1.82) is 0 Å². The van der Waals surface area contributed by atoms with Gasteiger partial charge in [0.15, 0.2) is 0 Å². The van der Waals surface area contributed by atoms with Crippen LogP contribution in [0.25, 0.3) is 4.91 Å². The zero-order valence-electron chi connectivity index (χ0n) is 14.5. The number of amidine groups is 1. The topological polar surface area (TPSA) is 65.9 Å². The molecule has 7 heteroatoms. The Kier molecular flexibility index (Phi) is 4.24. The molecular weight excluding hydrogens is 348 g/mol. The molecule has 0 aliphatic carbocycles. The van der Waals surface area contributed by atoms with E-state index in [4.69, 9.17) is 0 Å². The molecule has 1 aromatic carbocycles. The quantitative estimate of drug-likeness (QED) is 0.814. The highest BCUT2D eigenvalue weighted by Gasteiger charge is 2.34. The van der Waals surface area contributed by atoms with Crippen molar-refractivity contribution in [2.45, 2.75) is 6.92 Å². The molecule has 0 bridgehead atoms. The van der Waals surface area contributed by atoms with Gasteiger partial charge in [0.1, 0.15) is 16.6 Å².